The van der Waals surface area contributed by atoms with Crippen LogP contribution in [0.15, 0.2) is 23.1 Å². The van der Waals surface area contributed by atoms with E-state index >= 15 is 0 Å². The van der Waals surface area contributed by atoms with Gasteiger partial charge >= 0.3 is 0 Å². The predicted molar refractivity (Wildman–Crippen MR) is 67.3 cm³/mol. The lowest BCUT2D eigenvalue weighted by molar-refractivity contribution is 0.287. The van der Waals surface area contributed by atoms with Crippen molar-refractivity contribution in [1.82, 2.24) is 20.2 Å². The van der Waals surface area contributed by atoms with Gasteiger partial charge in [-0.15, -0.1) is 5.10 Å². The van der Waals surface area contributed by atoms with Gasteiger partial charge < -0.3 is 4.74 Å². The summed E-state index contributed by atoms with van der Waals surface area (Å²) in [7, 11) is 3.24. The maximum atomic E-state index is 11.2. The molecule has 0 aliphatic heterocycles. The van der Waals surface area contributed by atoms with Gasteiger partial charge in [-0.2, -0.15) is 0 Å². The number of nitrogens with zero attached hydrogens (tertiary/aromatic N) is 4. The van der Waals surface area contributed by atoms with E-state index in [2.05, 4.69) is 15.5 Å². The lowest BCUT2D eigenvalue weighted by Crippen LogP contribution is -2.05. The van der Waals surface area contributed by atoms with Crippen LogP contribution in [0.3, 0.4) is 0 Å². The fraction of sp³-hybridized carbons (Fsp3) is 0.300. The molecule has 1 heterocycles. The second kappa shape index (κ2) is 5.14. The van der Waals surface area contributed by atoms with Crippen LogP contribution in [0.25, 0.3) is 0 Å². The van der Waals surface area contributed by atoms with Crippen molar-refractivity contribution in [1.29, 1.82) is 0 Å². The number of aryl methyl sites for hydroxylation is 2. The van der Waals surface area contributed by atoms with Crippen LogP contribution in [-0.2, 0) is 22.7 Å². The third kappa shape index (κ3) is 3.21. The zero-order valence-corrected chi connectivity index (χ0v) is 11.8. The number of benzene rings is 1. The fourth-order valence-electron chi connectivity index (χ4n) is 1.45. The van der Waals surface area contributed by atoms with Gasteiger partial charge in [0.15, 0.2) is 5.82 Å². The molecule has 0 radical (unpaired) electrons. The molecule has 0 fully saturated rings. The molecule has 0 N–H and O–H groups in total. The maximum absolute atomic E-state index is 11.2. The van der Waals surface area contributed by atoms with Gasteiger partial charge in [0.25, 0.3) is 9.05 Å². The van der Waals surface area contributed by atoms with Gasteiger partial charge in [-0.3, -0.25) is 0 Å². The third-order valence-electron chi connectivity index (χ3n) is 2.49. The topological polar surface area (TPSA) is 87.0 Å². The first-order chi connectivity index (χ1) is 8.88. The van der Waals surface area contributed by atoms with Crippen LogP contribution >= 0.6 is 10.7 Å². The standard InChI is InChI=1S/C10H11ClN4O3S/c1-7-5-8(19(11,16)17)3-4-9(7)18-6-10-12-13-14-15(10)2/h3-5H,6H2,1-2H3. The van der Waals surface area contributed by atoms with Crippen molar-refractivity contribution in [3.63, 3.8) is 0 Å². The Balaban J connectivity index is 2.16. The molecule has 2 aromatic rings. The van der Waals surface area contributed by atoms with E-state index in [0.29, 0.717) is 17.1 Å². The van der Waals surface area contributed by atoms with Gasteiger partial charge in [0, 0.05) is 17.7 Å². The predicted octanol–water partition coefficient (Wildman–Crippen LogP) is 1.03. The summed E-state index contributed by atoms with van der Waals surface area (Å²) in [5.74, 6) is 1.11. The molecule has 0 unspecified atom stereocenters. The summed E-state index contributed by atoms with van der Waals surface area (Å²) in [5, 5.41) is 10.9. The molecular formula is C10H11ClN4O3S. The third-order valence-corrected chi connectivity index (χ3v) is 3.84. The normalized spacial score (nSPS) is 11.5. The van der Waals surface area contributed by atoms with Gasteiger partial charge in [0.2, 0.25) is 0 Å². The van der Waals surface area contributed by atoms with E-state index in [4.69, 9.17) is 15.4 Å². The average Bonchev–Trinajstić information content (AvgIpc) is 2.72. The van der Waals surface area contributed by atoms with E-state index in [1.54, 1.807) is 20.0 Å². The number of tetrazole rings is 1. The van der Waals surface area contributed by atoms with E-state index < -0.39 is 9.05 Å². The van der Waals surface area contributed by atoms with E-state index in [1.807, 2.05) is 0 Å². The minimum Gasteiger partial charge on any atom is -0.485 e. The quantitative estimate of drug-likeness (QED) is 0.784. The molecule has 7 nitrogen and oxygen atoms in total. The molecule has 1 aromatic carbocycles. The molecule has 9 heteroatoms. The maximum Gasteiger partial charge on any atom is 0.261 e. The molecule has 0 saturated carbocycles. The Bertz CT molecular complexity index is 699. The molecule has 0 atom stereocenters. The van der Waals surface area contributed by atoms with E-state index in [9.17, 15) is 8.42 Å². The first-order valence-electron chi connectivity index (χ1n) is 5.27. The van der Waals surface area contributed by atoms with E-state index in [-0.39, 0.29) is 11.5 Å². The Labute approximate surface area is 114 Å². The van der Waals surface area contributed by atoms with Crippen LogP contribution in [0.2, 0.25) is 0 Å². The highest BCUT2D eigenvalue weighted by Crippen LogP contribution is 2.24. The molecule has 0 amide bonds. The fourth-order valence-corrected chi connectivity index (χ4v) is 2.28. The van der Waals surface area contributed by atoms with Crippen LogP contribution in [0.4, 0.5) is 0 Å². The number of hydrogen-bond acceptors (Lipinski definition) is 6. The van der Waals surface area contributed by atoms with Crippen molar-refractivity contribution in [3.8, 4) is 5.75 Å². The minimum atomic E-state index is -3.73. The summed E-state index contributed by atoms with van der Waals surface area (Å²) >= 11 is 0. The molecule has 0 aliphatic carbocycles. The molecule has 0 saturated heterocycles. The largest absolute Gasteiger partial charge is 0.485 e. The molecule has 0 spiro atoms. The Hall–Kier alpha value is -1.67. The summed E-state index contributed by atoms with van der Waals surface area (Å²) in [6, 6.07) is 4.39. The zero-order chi connectivity index (χ0) is 14.0. The molecule has 19 heavy (non-hydrogen) atoms. The number of halogens is 1. The Morgan fingerprint density at radius 1 is 1.42 bits per heavy atom. The van der Waals surface area contributed by atoms with Crippen LogP contribution in [-0.4, -0.2) is 28.6 Å². The number of ether oxygens (including phenoxy) is 1. The Morgan fingerprint density at radius 2 is 2.16 bits per heavy atom. The summed E-state index contributed by atoms with van der Waals surface area (Å²) in [4.78, 5) is 0.0411. The first kappa shape index (κ1) is 13.8. The first-order valence-corrected chi connectivity index (χ1v) is 7.58. The molecular weight excluding hydrogens is 292 g/mol. The van der Waals surface area contributed by atoms with Crippen molar-refractivity contribution >= 4 is 19.7 Å². The molecule has 102 valence electrons. The van der Waals surface area contributed by atoms with Crippen molar-refractivity contribution in [2.45, 2.75) is 18.4 Å². The summed E-state index contributed by atoms with van der Waals surface area (Å²) in [5.41, 5.74) is 0.664. The zero-order valence-electron chi connectivity index (χ0n) is 10.2. The lowest BCUT2D eigenvalue weighted by atomic mass is 10.2. The number of rotatable bonds is 4. The molecule has 1 aromatic heterocycles. The monoisotopic (exact) mass is 302 g/mol. The average molecular weight is 303 g/mol. The number of aromatic nitrogens is 4. The highest BCUT2D eigenvalue weighted by molar-refractivity contribution is 8.13. The second-order valence-corrected chi connectivity index (χ2v) is 6.44. The van der Waals surface area contributed by atoms with Crippen LogP contribution in [0.1, 0.15) is 11.4 Å². The van der Waals surface area contributed by atoms with Crippen LogP contribution < -0.4 is 4.74 Å². The van der Waals surface area contributed by atoms with Crippen LogP contribution in [0, 0.1) is 6.92 Å². The molecule has 2 rings (SSSR count). The molecule has 0 aliphatic rings. The highest BCUT2D eigenvalue weighted by atomic mass is 35.7. The SMILES string of the molecule is Cc1cc(S(=O)(=O)Cl)ccc1OCc1nnnn1C. The van der Waals surface area contributed by atoms with E-state index in [0.717, 1.165) is 0 Å². The van der Waals surface area contributed by atoms with Gasteiger partial charge in [-0.05, 0) is 41.1 Å². The second-order valence-electron chi connectivity index (χ2n) is 3.87. The Kier molecular flexibility index (Phi) is 3.72. The smallest absolute Gasteiger partial charge is 0.261 e. The molecule has 0 bridgehead atoms. The van der Waals surface area contributed by atoms with Gasteiger partial charge in [0.05, 0.1) is 4.90 Å². The van der Waals surface area contributed by atoms with Gasteiger partial charge in [-0.1, -0.05) is 0 Å². The van der Waals surface area contributed by atoms with E-state index in [1.165, 1.54) is 16.8 Å². The van der Waals surface area contributed by atoms with Crippen molar-refractivity contribution in [2.24, 2.45) is 7.05 Å². The minimum absolute atomic E-state index is 0.0411. The van der Waals surface area contributed by atoms with Crippen molar-refractivity contribution in [2.75, 3.05) is 0 Å². The van der Waals surface area contributed by atoms with Crippen molar-refractivity contribution in [3.05, 3.63) is 29.6 Å². The highest BCUT2D eigenvalue weighted by Gasteiger charge is 2.12. The van der Waals surface area contributed by atoms with Gasteiger partial charge in [-0.25, -0.2) is 13.1 Å². The number of hydrogen-bond donors (Lipinski definition) is 0. The summed E-state index contributed by atoms with van der Waals surface area (Å²) in [6.45, 7) is 1.92. The van der Waals surface area contributed by atoms with Crippen molar-refractivity contribution < 1.29 is 13.2 Å². The Morgan fingerprint density at radius 3 is 2.68 bits per heavy atom. The van der Waals surface area contributed by atoms with Gasteiger partial charge in [0.1, 0.15) is 12.4 Å². The summed E-state index contributed by atoms with van der Waals surface area (Å²) < 4.78 is 29.4. The lowest BCUT2D eigenvalue weighted by Gasteiger charge is -2.08. The summed E-state index contributed by atoms with van der Waals surface area (Å²) in [6.07, 6.45) is 0. The van der Waals surface area contributed by atoms with Crippen LogP contribution in [0.5, 0.6) is 5.75 Å².